The van der Waals surface area contributed by atoms with E-state index >= 15 is 0 Å². The number of rotatable bonds is 6. The fourth-order valence-corrected chi connectivity index (χ4v) is 6.92. The Morgan fingerprint density at radius 3 is 2.58 bits per heavy atom. The molecule has 1 aliphatic heterocycles. The number of fused-ring (bicyclic) bond motifs is 3. The third kappa shape index (κ3) is 4.49. The van der Waals surface area contributed by atoms with Gasteiger partial charge in [-0.05, 0) is 60.4 Å². The van der Waals surface area contributed by atoms with Gasteiger partial charge in [0.2, 0.25) is 0 Å². The van der Waals surface area contributed by atoms with E-state index in [1.807, 2.05) is 30.3 Å². The van der Waals surface area contributed by atoms with E-state index in [-0.39, 0.29) is 11.1 Å². The van der Waals surface area contributed by atoms with Gasteiger partial charge in [0.25, 0.3) is 5.56 Å². The number of carbonyl (C=O) groups is 1. The summed E-state index contributed by atoms with van der Waals surface area (Å²) in [5, 5.41) is 9.61. The van der Waals surface area contributed by atoms with Crippen LogP contribution in [0.3, 0.4) is 0 Å². The molecule has 1 atom stereocenters. The summed E-state index contributed by atoms with van der Waals surface area (Å²) in [5.41, 5.74) is 5.46. The number of methoxy groups -OCH3 is 2. The van der Waals surface area contributed by atoms with Crippen LogP contribution in [0.2, 0.25) is 0 Å². The molecule has 214 valence electrons. The minimum absolute atomic E-state index is 0.140. The van der Waals surface area contributed by atoms with Gasteiger partial charge in [0.05, 0.1) is 36.1 Å². The van der Waals surface area contributed by atoms with Gasteiger partial charge in [-0.2, -0.15) is 0 Å². The van der Waals surface area contributed by atoms with Crippen molar-refractivity contribution in [2.45, 2.75) is 18.9 Å². The molecule has 8 nitrogen and oxygen atoms in total. The average Bonchev–Trinajstić information content (AvgIpc) is 3.63. The molecule has 2 aliphatic rings. The predicted molar refractivity (Wildman–Crippen MR) is 163 cm³/mol. The first kappa shape index (κ1) is 26.7. The van der Waals surface area contributed by atoms with Gasteiger partial charge in [-0.3, -0.25) is 9.36 Å². The summed E-state index contributed by atoms with van der Waals surface area (Å²) in [7, 11) is 3.24. The Hall–Kier alpha value is -5.15. The lowest BCUT2D eigenvalue weighted by molar-refractivity contribution is 0.0697. The summed E-state index contributed by atoms with van der Waals surface area (Å²) in [6.07, 6.45) is 3.27. The van der Waals surface area contributed by atoms with E-state index in [0.717, 1.165) is 35.2 Å². The molecule has 43 heavy (non-hydrogen) atoms. The smallest absolute Gasteiger partial charge is 0.336 e. The molecule has 7 rings (SSSR count). The zero-order chi connectivity index (χ0) is 29.7. The van der Waals surface area contributed by atoms with Crippen molar-refractivity contribution < 1.29 is 23.8 Å². The maximum atomic E-state index is 14.2. The van der Waals surface area contributed by atoms with Crippen LogP contribution in [0.15, 0.2) is 98.6 Å². The Labute approximate surface area is 250 Å². The Bertz CT molecular complexity index is 2130. The van der Waals surface area contributed by atoms with Crippen LogP contribution in [0, 0.1) is 0 Å². The fourth-order valence-electron chi connectivity index (χ4n) is 5.94. The molecule has 0 bridgehead atoms. The maximum absolute atomic E-state index is 14.2. The molecule has 1 N–H and O–H groups in total. The van der Waals surface area contributed by atoms with Crippen LogP contribution < -0.4 is 24.4 Å². The largest absolute Gasteiger partial charge is 0.497 e. The summed E-state index contributed by atoms with van der Waals surface area (Å²) in [6, 6.07) is 23.6. The molecule has 1 unspecified atom stereocenters. The van der Waals surface area contributed by atoms with E-state index in [4.69, 9.17) is 18.9 Å². The fraction of sp³-hybridized carbons (Fsp3) is 0.147. The lowest BCUT2D eigenvalue weighted by atomic mass is 9.83. The number of thiazole rings is 1. The first-order chi connectivity index (χ1) is 21.0. The first-order valence-corrected chi connectivity index (χ1v) is 14.6. The van der Waals surface area contributed by atoms with E-state index < -0.39 is 12.0 Å². The summed E-state index contributed by atoms with van der Waals surface area (Å²) in [5.74, 6) is 1.12. The highest BCUT2D eigenvalue weighted by atomic mass is 32.1. The number of carboxylic acid groups (broad SMARTS) is 1. The van der Waals surface area contributed by atoms with E-state index in [1.165, 1.54) is 23.0 Å². The number of aryl methyl sites for hydroxylation is 1. The van der Waals surface area contributed by atoms with Crippen molar-refractivity contribution in [1.82, 2.24) is 4.57 Å². The predicted octanol–water partition coefficient (Wildman–Crippen LogP) is 5.29. The molecule has 2 aromatic heterocycles. The number of hydrogen-bond donors (Lipinski definition) is 1. The van der Waals surface area contributed by atoms with Crippen molar-refractivity contribution in [3.63, 3.8) is 0 Å². The van der Waals surface area contributed by atoms with Gasteiger partial charge < -0.3 is 19.0 Å². The Balaban J connectivity index is 1.42. The second-order valence-corrected chi connectivity index (χ2v) is 11.3. The van der Waals surface area contributed by atoms with E-state index in [1.54, 1.807) is 55.2 Å². The summed E-state index contributed by atoms with van der Waals surface area (Å²) >= 11 is 1.29. The second kappa shape index (κ2) is 10.6. The standard InChI is InChI=1S/C34H26N2O6S/c1-40-20-12-15-27(41-2)26(17-20)31-25-14-11-19-7-3-4-8-22(19)30(25)35-34-36(31)32(37)29(43-34)18-21-13-16-28(42-21)23-9-5-6-10-24(23)33(38)39/h3-10,12-13,15-18,31H,11,14H2,1-2H3,(H,38,39)/b29-18+. The van der Waals surface area contributed by atoms with E-state index in [9.17, 15) is 14.7 Å². The maximum Gasteiger partial charge on any atom is 0.336 e. The Kier molecular flexibility index (Phi) is 6.59. The van der Waals surface area contributed by atoms with Crippen LogP contribution in [0.25, 0.3) is 23.1 Å². The van der Waals surface area contributed by atoms with Gasteiger partial charge in [-0.25, -0.2) is 9.79 Å². The second-order valence-electron chi connectivity index (χ2n) is 10.3. The zero-order valence-corrected chi connectivity index (χ0v) is 24.2. The van der Waals surface area contributed by atoms with Crippen molar-refractivity contribution in [3.8, 4) is 22.8 Å². The van der Waals surface area contributed by atoms with Gasteiger partial charge in [0.1, 0.15) is 23.0 Å². The lowest BCUT2D eigenvalue weighted by Gasteiger charge is -2.31. The zero-order valence-electron chi connectivity index (χ0n) is 23.4. The molecule has 0 saturated heterocycles. The van der Waals surface area contributed by atoms with Crippen molar-refractivity contribution in [1.29, 1.82) is 0 Å². The molecule has 0 amide bonds. The molecule has 1 aliphatic carbocycles. The third-order valence-electron chi connectivity index (χ3n) is 7.93. The third-order valence-corrected chi connectivity index (χ3v) is 8.91. The van der Waals surface area contributed by atoms with E-state index in [2.05, 4.69) is 12.1 Å². The molecule has 3 aromatic carbocycles. The molecule has 9 heteroatoms. The Morgan fingerprint density at radius 1 is 1.00 bits per heavy atom. The van der Waals surface area contributed by atoms with Gasteiger partial charge in [0.15, 0.2) is 4.80 Å². The number of aromatic nitrogens is 1. The molecule has 3 heterocycles. The number of hydrogen-bond acceptors (Lipinski definition) is 7. The highest BCUT2D eigenvalue weighted by Gasteiger charge is 2.34. The average molecular weight is 591 g/mol. The van der Waals surface area contributed by atoms with Crippen molar-refractivity contribution >= 4 is 29.1 Å². The molecule has 0 spiro atoms. The van der Waals surface area contributed by atoms with Crippen molar-refractivity contribution in [3.05, 3.63) is 132 Å². The first-order valence-electron chi connectivity index (χ1n) is 13.7. The minimum Gasteiger partial charge on any atom is -0.497 e. The summed E-state index contributed by atoms with van der Waals surface area (Å²) in [6.45, 7) is 0. The normalized spacial score (nSPS) is 15.8. The molecule has 0 fully saturated rings. The van der Waals surface area contributed by atoms with Gasteiger partial charge >= 0.3 is 5.97 Å². The van der Waals surface area contributed by atoms with Crippen LogP contribution in [-0.4, -0.2) is 29.9 Å². The molecular formula is C34H26N2O6S. The quantitative estimate of drug-likeness (QED) is 0.288. The number of nitrogens with zero attached hydrogens (tertiary/aromatic N) is 2. The topological polar surface area (TPSA) is 103 Å². The van der Waals surface area contributed by atoms with Crippen molar-refractivity contribution in [2.75, 3.05) is 14.2 Å². The number of aromatic carboxylic acids is 1. The number of ether oxygens (including phenoxy) is 2. The van der Waals surface area contributed by atoms with Crippen molar-refractivity contribution in [2.24, 2.45) is 4.99 Å². The highest BCUT2D eigenvalue weighted by Crippen LogP contribution is 2.44. The molecule has 5 aromatic rings. The van der Waals surface area contributed by atoms with Crippen LogP contribution >= 0.6 is 11.3 Å². The molecule has 0 radical (unpaired) electrons. The summed E-state index contributed by atoms with van der Waals surface area (Å²) < 4.78 is 19.6. The van der Waals surface area contributed by atoms with E-state index in [0.29, 0.717) is 37.9 Å². The molecule has 0 saturated carbocycles. The highest BCUT2D eigenvalue weighted by molar-refractivity contribution is 7.07. The van der Waals surface area contributed by atoms with Crippen LogP contribution in [0.5, 0.6) is 11.5 Å². The number of furan rings is 1. The molecular weight excluding hydrogens is 564 g/mol. The minimum atomic E-state index is -1.04. The Morgan fingerprint density at radius 2 is 1.79 bits per heavy atom. The van der Waals surface area contributed by atoms with Crippen LogP contribution in [-0.2, 0) is 6.42 Å². The number of carboxylic acids is 1. The van der Waals surface area contributed by atoms with Crippen LogP contribution in [0.1, 0.15) is 45.3 Å². The van der Waals surface area contributed by atoms with Gasteiger partial charge in [-0.15, -0.1) is 0 Å². The van der Waals surface area contributed by atoms with Crippen LogP contribution in [0.4, 0.5) is 0 Å². The summed E-state index contributed by atoms with van der Waals surface area (Å²) in [4.78, 5) is 31.5. The van der Waals surface area contributed by atoms with Gasteiger partial charge in [-0.1, -0.05) is 53.8 Å². The number of benzene rings is 3. The van der Waals surface area contributed by atoms with Gasteiger partial charge in [0, 0.05) is 22.8 Å². The lowest BCUT2D eigenvalue weighted by Crippen LogP contribution is -2.39. The number of allylic oxidation sites excluding steroid dienone is 1. The monoisotopic (exact) mass is 590 g/mol. The SMILES string of the molecule is COc1ccc(OC)c(C2C3=C(N=c4s/c(=C/c5ccc(-c6ccccc6C(=O)O)o5)c(=O)n42)c2ccccc2CC3)c1.